The summed E-state index contributed by atoms with van der Waals surface area (Å²) in [5.41, 5.74) is 2.09. The van der Waals surface area contributed by atoms with Crippen LogP contribution in [0.4, 0.5) is 0 Å². The van der Waals surface area contributed by atoms with Gasteiger partial charge in [-0.05, 0) is 36.8 Å². The predicted molar refractivity (Wildman–Crippen MR) is 117 cm³/mol. The van der Waals surface area contributed by atoms with Gasteiger partial charge in [-0.1, -0.05) is 41.4 Å². The molecule has 1 N–H and O–H groups in total. The summed E-state index contributed by atoms with van der Waals surface area (Å²) in [5.74, 6) is -0.188. The number of thiazole rings is 1. The highest BCUT2D eigenvalue weighted by Gasteiger charge is 2.16. The number of hydrogen-bond donors (Lipinski definition) is 1. The molecule has 3 aromatic rings. The van der Waals surface area contributed by atoms with Crippen LogP contribution in [0.15, 0.2) is 52.7 Å². The molecule has 3 rings (SSSR count). The van der Waals surface area contributed by atoms with Crippen LogP contribution in [0.5, 0.6) is 0 Å². The van der Waals surface area contributed by atoms with Crippen LogP contribution in [0, 0.1) is 0 Å². The van der Waals surface area contributed by atoms with Crippen molar-refractivity contribution in [3.05, 3.63) is 69.1 Å². The van der Waals surface area contributed by atoms with Gasteiger partial charge in [-0.3, -0.25) is 4.79 Å². The third-order valence-electron chi connectivity index (χ3n) is 4.26. The molecule has 0 saturated carbocycles. The minimum absolute atomic E-state index is 0.115. The van der Waals surface area contributed by atoms with Crippen molar-refractivity contribution in [2.24, 2.45) is 0 Å². The molecule has 152 valence electrons. The second-order valence-corrected chi connectivity index (χ2v) is 10.2. The number of nitrogens with one attached hydrogen (secondary N) is 1. The molecule has 2 aromatic carbocycles. The molecule has 0 radical (unpaired) electrons. The van der Waals surface area contributed by atoms with Crippen LogP contribution in [0.3, 0.4) is 0 Å². The molecule has 1 atom stereocenters. The number of benzene rings is 2. The van der Waals surface area contributed by atoms with E-state index >= 15 is 0 Å². The Hall–Kier alpha value is -1.93. The van der Waals surface area contributed by atoms with Crippen LogP contribution in [-0.4, -0.2) is 25.6 Å². The number of hydrogen-bond acceptors (Lipinski definition) is 5. The lowest BCUT2D eigenvalue weighted by Crippen LogP contribution is -2.28. The van der Waals surface area contributed by atoms with E-state index in [0.717, 1.165) is 11.8 Å². The smallest absolute Gasteiger partial charge is 0.226 e. The molecule has 0 aliphatic rings. The van der Waals surface area contributed by atoms with Crippen molar-refractivity contribution in [2.75, 3.05) is 6.26 Å². The van der Waals surface area contributed by atoms with Crippen molar-refractivity contribution < 1.29 is 13.2 Å². The second kappa shape index (κ2) is 8.83. The van der Waals surface area contributed by atoms with Crippen molar-refractivity contribution in [3.63, 3.8) is 0 Å². The van der Waals surface area contributed by atoms with E-state index in [-0.39, 0.29) is 23.3 Å². The molecule has 0 aliphatic heterocycles. The Labute approximate surface area is 183 Å². The van der Waals surface area contributed by atoms with Gasteiger partial charge >= 0.3 is 0 Å². The molecule has 0 aliphatic carbocycles. The third kappa shape index (κ3) is 5.36. The molecule has 1 amide bonds. The van der Waals surface area contributed by atoms with Crippen molar-refractivity contribution in [1.29, 1.82) is 0 Å². The predicted octanol–water partition coefficient (Wildman–Crippen LogP) is 4.94. The lowest BCUT2D eigenvalue weighted by atomic mass is 10.1. The maximum atomic E-state index is 12.4. The first-order chi connectivity index (χ1) is 13.6. The van der Waals surface area contributed by atoms with E-state index in [1.54, 1.807) is 35.7 Å². The van der Waals surface area contributed by atoms with E-state index in [0.29, 0.717) is 26.3 Å². The Bertz CT molecular complexity index is 1120. The number of rotatable bonds is 6. The summed E-state index contributed by atoms with van der Waals surface area (Å²) in [4.78, 5) is 17.1. The molecule has 1 unspecified atom stereocenters. The number of carbonyl (C=O) groups is 1. The molecule has 1 heterocycles. The zero-order valence-electron chi connectivity index (χ0n) is 15.6. The van der Waals surface area contributed by atoms with Crippen molar-refractivity contribution in [1.82, 2.24) is 10.3 Å². The Morgan fingerprint density at radius 2 is 1.76 bits per heavy atom. The van der Waals surface area contributed by atoms with Gasteiger partial charge in [0.05, 0.1) is 33.1 Å². The van der Waals surface area contributed by atoms with Gasteiger partial charge in [0.1, 0.15) is 5.01 Å². The van der Waals surface area contributed by atoms with Crippen LogP contribution in [0.25, 0.3) is 10.6 Å². The largest absolute Gasteiger partial charge is 0.349 e. The zero-order valence-corrected chi connectivity index (χ0v) is 18.8. The van der Waals surface area contributed by atoms with Gasteiger partial charge in [0.25, 0.3) is 0 Å². The number of halogens is 2. The lowest BCUT2D eigenvalue weighted by molar-refractivity contribution is -0.121. The van der Waals surface area contributed by atoms with E-state index in [2.05, 4.69) is 10.3 Å². The highest BCUT2D eigenvalue weighted by Crippen LogP contribution is 2.36. The highest BCUT2D eigenvalue weighted by molar-refractivity contribution is 7.90. The summed E-state index contributed by atoms with van der Waals surface area (Å²) in [7, 11) is -3.25. The molecular weight excluding hydrogens is 451 g/mol. The number of aromatic nitrogens is 1. The summed E-state index contributed by atoms with van der Waals surface area (Å²) in [6.45, 7) is 1.84. The van der Waals surface area contributed by atoms with Crippen molar-refractivity contribution in [3.8, 4) is 10.6 Å². The number of amides is 1. The highest BCUT2D eigenvalue weighted by atomic mass is 35.5. The summed E-state index contributed by atoms with van der Waals surface area (Å²) in [5, 5.41) is 6.38. The standard InChI is InChI=1S/C20H18Cl2N2O3S2/c1-12(13-6-8-15(9-7-13)29(2,26)27)23-18(25)10-14-11-28-20(24-14)19-16(21)4-3-5-17(19)22/h3-9,11-12H,10H2,1-2H3,(H,23,25). The van der Waals surface area contributed by atoms with Gasteiger partial charge in [0.15, 0.2) is 9.84 Å². The van der Waals surface area contributed by atoms with E-state index in [4.69, 9.17) is 23.2 Å². The topological polar surface area (TPSA) is 76.1 Å². The minimum Gasteiger partial charge on any atom is -0.349 e. The molecule has 1 aromatic heterocycles. The molecule has 0 bridgehead atoms. The maximum absolute atomic E-state index is 12.4. The van der Waals surface area contributed by atoms with Gasteiger partial charge in [0.2, 0.25) is 5.91 Å². The van der Waals surface area contributed by atoms with Gasteiger partial charge in [0, 0.05) is 17.2 Å². The normalized spacial score (nSPS) is 12.6. The second-order valence-electron chi connectivity index (χ2n) is 6.55. The third-order valence-corrected chi connectivity index (χ3v) is 6.92. The Balaban J connectivity index is 1.66. The molecule has 5 nitrogen and oxygen atoms in total. The first-order valence-corrected chi connectivity index (χ1v) is 12.2. The van der Waals surface area contributed by atoms with Gasteiger partial charge in [-0.2, -0.15) is 0 Å². The number of nitrogens with zero attached hydrogens (tertiary/aromatic N) is 1. The summed E-state index contributed by atoms with van der Waals surface area (Å²) >= 11 is 13.8. The first-order valence-electron chi connectivity index (χ1n) is 8.63. The van der Waals surface area contributed by atoms with Crippen LogP contribution in [0.1, 0.15) is 24.2 Å². The average molecular weight is 469 g/mol. The molecular formula is C20H18Cl2N2O3S2. The quantitative estimate of drug-likeness (QED) is 0.555. The number of sulfone groups is 1. The van der Waals surface area contributed by atoms with Gasteiger partial charge in [-0.25, -0.2) is 13.4 Å². The minimum atomic E-state index is -3.25. The lowest BCUT2D eigenvalue weighted by Gasteiger charge is -2.14. The Kier molecular flexibility index (Phi) is 6.63. The molecule has 0 saturated heterocycles. The monoisotopic (exact) mass is 468 g/mol. The SMILES string of the molecule is CC(NC(=O)Cc1csc(-c2c(Cl)cccc2Cl)n1)c1ccc(S(C)(=O)=O)cc1. The van der Waals surface area contributed by atoms with Crippen LogP contribution >= 0.6 is 34.5 Å². The van der Waals surface area contributed by atoms with E-state index in [1.165, 1.54) is 23.5 Å². The molecule has 0 spiro atoms. The van der Waals surface area contributed by atoms with E-state index in [9.17, 15) is 13.2 Å². The van der Waals surface area contributed by atoms with Crippen molar-refractivity contribution in [2.45, 2.75) is 24.3 Å². The fourth-order valence-corrected chi connectivity index (χ4v) is 4.96. The van der Waals surface area contributed by atoms with Gasteiger partial charge < -0.3 is 5.32 Å². The summed E-state index contributed by atoms with van der Waals surface area (Å²) in [6, 6.07) is 11.4. The van der Waals surface area contributed by atoms with Gasteiger partial charge in [-0.15, -0.1) is 11.3 Å². The Morgan fingerprint density at radius 1 is 1.14 bits per heavy atom. The molecule has 0 fully saturated rings. The van der Waals surface area contributed by atoms with Crippen LogP contribution in [0.2, 0.25) is 10.0 Å². The van der Waals surface area contributed by atoms with E-state index in [1.807, 2.05) is 6.92 Å². The van der Waals surface area contributed by atoms with E-state index < -0.39 is 9.84 Å². The van der Waals surface area contributed by atoms with Crippen molar-refractivity contribution >= 4 is 50.3 Å². The average Bonchev–Trinajstić information content (AvgIpc) is 3.08. The number of carbonyl (C=O) groups excluding carboxylic acids is 1. The van der Waals surface area contributed by atoms with Crippen LogP contribution in [-0.2, 0) is 21.1 Å². The summed E-state index contributed by atoms with van der Waals surface area (Å²) < 4.78 is 23.1. The molecule has 29 heavy (non-hydrogen) atoms. The summed E-state index contributed by atoms with van der Waals surface area (Å²) in [6.07, 6.45) is 1.27. The Morgan fingerprint density at radius 3 is 2.34 bits per heavy atom. The fourth-order valence-electron chi connectivity index (χ4n) is 2.75. The first kappa shape index (κ1) is 21.8. The maximum Gasteiger partial charge on any atom is 0.226 e. The fraction of sp³-hybridized carbons (Fsp3) is 0.200. The van der Waals surface area contributed by atoms with Crippen LogP contribution < -0.4 is 5.32 Å². The zero-order chi connectivity index (χ0) is 21.2. The molecule has 9 heteroatoms.